The van der Waals surface area contributed by atoms with Gasteiger partial charge in [-0.15, -0.1) is 0 Å². The van der Waals surface area contributed by atoms with E-state index in [-0.39, 0.29) is 6.10 Å². The molecule has 4 heteroatoms. The molecule has 0 unspecified atom stereocenters. The van der Waals surface area contributed by atoms with Crippen LogP contribution in [0.2, 0.25) is 5.02 Å². The third kappa shape index (κ3) is 2.65. The van der Waals surface area contributed by atoms with Crippen LogP contribution in [0.4, 0.5) is 5.69 Å². The van der Waals surface area contributed by atoms with Gasteiger partial charge < -0.3 is 10.0 Å². The lowest BCUT2D eigenvalue weighted by atomic mass is 10.1. The first-order chi connectivity index (χ1) is 7.16. The van der Waals surface area contributed by atoms with Crippen LogP contribution < -0.4 is 4.90 Å². The molecule has 1 aromatic carbocycles. The first kappa shape index (κ1) is 11.2. The van der Waals surface area contributed by atoms with E-state index >= 15 is 0 Å². The van der Waals surface area contributed by atoms with Gasteiger partial charge in [-0.1, -0.05) is 11.6 Å². The molecule has 1 fully saturated rings. The highest BCUT2D eigenvalue weighted by atomic mass is 79.9. The van der Waals surface area contributed by atoms with Gasteiger partial charge in [-0.3, -0.25) is 0 Å². The number of hydrogen-bond donors (Lipinski definition) is 1. The average Bonchev–Trinajstić information content (AvgIpc) is 2.23. The van der Waals surface area contributed by atoms with Crippen molar-refractivity contribution in [3.05, 3.63) is 27.7 Å². The molecule has 1 heterocycles. The fourth-order valence-electron chi connectivity index (χ4n) is 1.83. The quantitative estimate of drug-likeness (QED) is 0.859. The van der Waals surface area contributed by atoms with E-state index in [0.717, 1.165) is 41.1 Å². The summed E-state index contributed by atoms with van der Waals surface area (Å²) in [7, 11) is 0. The molecule has 1 saturated heterocycles. The first-order valence-corrected chi connectivity index (χ1v) is 6.22. The summed E-state index contributed by atoms with van der Waals surface area (Å²) in [5, 5.41) is 10.2. The second kappa shape index (κ2) is 4.73. The van der Waals surface area contributed by atoms with Crippen LogP contribution in [0.15, 0.2) is 22.7 Å². The fraction of sp³-hybridized carbons (Fsp3) is 0.455. The average molecular weight is 291 g/mol. The zero-order valence-electron chi connectivity index (χ0n) is 8.29. The molecule has 0 radical (unpaired) electrons. The Kier molecular flexibility index (Phi) is 3.54. The summed E-state index contributed by atoms with van der Waals surface area (Å²) in [5.74, 6) is 0. The SMILES string of the molecule is OC1CCN(c2cc(Cl)ccc2Br)CC1. The van der Waals surface area contributed by atoms with Crippen molar-refractivity contribution in [2.24, 2.45) is 0 Å². The zero-order chi connectivity index (χ0) is 10.8. The van der Waals surface area contributed by atoms with Gasteiger partial charge in [0.05, 0.1) is 11.8 Å². The smallest absolute Gasteiger partial charge is 0.0574 e. The van der Waals surface area contributed by atoms with Gasteiger partial charge in [0.2, 0.25) is 0 Å². The second-order valence-corrected chi connectivity index (χ2v) is 5.10. The number of piperidine rings is 1. The first-order valence-electron chi connectivity index (χ1n) is 5.05. The maximum absolute atomic E-state index is 9.43. The van der Waals surface area contributed by atoms with E-state index in [4.69, 9.17) is 11.6 Å². The highest BCUT2D eigenvalue weighted by Gasteiger charge is 2.18. The van der Waals surface area contributed by atoms with E-state index < -0.39 is 0 Å². The fourth-order valence-corrected chi connectivity index (χ4v) is 2.50. The maximum atomic E-state index is 9.43. The Morgan fingerprint density at radius 3 is 2.67 bits per heavy atom. The Morgan fingerprint density at radius 1 is 1.33 bits per heavy atom. The molecule has 1 aromatic rings. The van der Waals surface area contributed by atoms with Crippen LogP contribution in [0.1, 0.15) is 12.8 Å². The molecule has 1 N–H and O–H groups in total. The predicted octanol–water partition coefficient (Wildman–Crippen LogP) is 3.06. The molecule has 82 valence electrons. The molecule has 0 amide bonds. The summed E-state index contributed by atoms with van der Waals surface area (Å²) in [6.07, 6.45) is 1.52. The Balaban J connectivity index is 2.18. The summed E-state index contributed by atoms with van der Waals surface area (Å²) in [6, 6.07) is 5.79. The Hall–Kier alpha value is -0.250. The summed E-state index contributed by atoms with van der Waals surface area (Å²) >= 11 is 9.49. The number of benzene rings is 1. The number of nitrogens with zero attached hydrogens (tertiary/aromatic N) is 1. The van der Waals surface area contributed by atoms with E-state index in [1.807, 2.05) is 18.2 Å². The van der Waals surface area contributed by atoms with Gasteiger partial charge in [-0.25, -0.2) is 0 Å². The molecule has 1 aliphatic rings. The normalized spacial score (nSPS) is 18.2. The molecule has 0 spiro atoms. The predicted molar refractivity (Wildman–Crippen MR) is 66.6 cm³/mol. The second-order valence-electron chi connectivity index (χ2n) is 3.81. The molecule has 0 saturated carbocycles. The third-order valence-electron chi connectivity index (χ3n) is 2.71. The third-order valence-corrected chi connectivity index (χ3v) is 3.62. The maximum Gasteiger partial charge on any atom is 0.0574 e. The van der Waals surface area contributed by atoms with Crippen molar-refractivity contribution in [3.63, 3.8) is 0 Å². The summed E-state index contributed by atoms with van der Waals surface area (Å²) < 4.78 is 1.06. The van der Waals surface area contributed by atoms with Gasteiger partial charge in [-0.2, -0.15) is 0 Å². The molecule has 0 aliphatic carbocycles. The number of aliphatic hydroxyl groups excluding tert-OH is 1. The monoisotopic (exact) mass is 289 g/mol. The highest BCUT2D eigenvalue weighted by molar-refractivity contribution is 9.10. The summed E-state index contributed by atoms with van der Waals surface area (Å²) in [6.45, 7) is 1.78. The van der Waals surface area contributed by atoms with Crippen molar-refractivity contribution in [1.29, 1.82) is 0 Å². The van der Waals surface area contributed by atoms with Crippen LogP contribution in [0, 0.1) is 0 Å². The van der Waals surface area contributed by atoms with Crippen molar-refractivity contribution < 1.29 is 5.11 Å². The molecule has 0 bridgehead atoms. The summed E-state index contributed by atoms with van der Waals surface area (Å²) in [4.78, 5) is 2.25. The lowest BCUT2D eigenvalue weighted by Crippen LogP contribution is -2.35. The van der Waals surface area contributed by atoms with Crippen molar-refractivity contribution in [1.82, 2.24) is 0 Å². The number of aliphatic hydroxyl groups is 1. The van der Waals surface area contributed by atoms with Gasteiger partial charge in [0, 0.05) is 22.6 Å². The van der Waals surface area contributed by atoms with Crippen LogP contribution in [0.5, 0.6) is 0 Å². The highest BCUT2D eigenvalue weighted by Crippen LogP contribution is 2.31. The lowest BCUT2D eigenvalue weighted by molar-refractivity contribution is 0.145. The van der Waals surface area contributed by atoms with Gasteiger partial charge in [0.15, 0.2) is 0 Å². The van der Waals surface area contributed by atoms with E-state index in [9.17, 15) is 5.11 Å². The van der Waals surface area contributed by atoms with Gasteiger partial charge >= 0.3 is 0 Å². The lowest BCUT2D eigenvalue weighted by Gasteiger charge is -2.32. The number of anilines is 1. The standard InChI is InChI=1S/C11H13BrClNO/c12-10-2-1-8(13)7-11(10)14-5-3-9(15)4-6-14/h1-2,7,9,15H,3-6H2. The molecule has 15 heavy (non-hydrogen) atoms. The van der Waals surface area contributed by atoms with Crippen LogP contribution in [-0.2, 0) is 0 Å². The van der Waals surface area contributed by atoms with Crippen molar-refractivity contribution >= 4 is 33.2 Å². The minimum Gasteiger partial charge on any atom is -0.393 e. The van der Waals surface area contributed by atoms with Crippen LogP contribution >= 0.6 is 27.5 Å². The minimum absolute atomic E-state index is 0.140. The van der Waals surface area contributed by atoms with Crippen LogP contribution in [0.25, 0.3) is 0 Å². The molecule has 1 aliphatic heterocycles. The van der Waals surface area contributed by atoms with Crippen molar-refractivity contribution in [2.75, 3.05) is 18.0 Å². The van der Waals surface area contributed by atoms with Gasteiger partial charge in [0.1, 0.15) is 0 Å². The molecule has 0 aromatic heterocycles. The molecular formula is C11H13BrClNO. The molecular weight excluding hydrogens is 277 g/mol. The molecule has 2 nitrogen and oxygen atoms in total. The van der Waals surface area contributed by atoms with Crippen LogP contribution in [0.3, 0.4) is 0 Å². The Morgan fingerprint density at radius 2 is 2.00 bits per heavy atom. The largest absolute Gasteiger partial charge is 0.393 e. The molecule has 0 atom stereocenters. The zero-order valence-corrected chi connectivity index (χ0v) is 10.6. The molecule has 2 rings (SSSR count). The van der Waals surface area contributed by atoms with E-state index in [1.165, 1.54) is 0 Å². The van der Waals surface area contributed by atoms with Gasteiger partial charge in [-0.05, 0) is 47.0 Å². The van der Waals surface area contributed by atoms with Crippen molar-refractivity contribution in [3.8, 4) is 0 Å². The van der Waals surface area contributed by atoms with E-state index in [1.54, 1.807) is 0 Å². The minimum atomic E-state index is -0.140. The van der Waals surface area contributed by atoms with E-state index in [0.29, 0.717) is 0 Å². The Bertz CT molecular complexity index is 350. The van der Waals surface area contributed by atoms with Crippen LogP contribution in [-0.4, -0.2) is 24.3 Å². The van der Waals surface area contributed by atoms with Gasteiger partial charge in [0.25, 0.3) is 0 Å². The van der Waals surface area contributed by atoms with E-state index in [2.05, 4.69) is 20.8 Å². The summed E-state index contributed by atoms with van der Waals surface area (Å²) in [5.41, 5.74) is 1.12. The number of halogens is 2. The Labute approximate surface area is 103 Å². The number of rotatable bonds is 1. The van der Waals surface area contributed by atoms with Crippen molar-refractivity contribution in [2.45, 2.75) is 18.9 Å². The number of hydrogen-bond acceptors (Lipinski definition) is 2. The topological polar surface area (TPSA) is 23.5 Å².